The van der Waals surface area contributed by atoms with Gasteiger partial charge in [0.15, 0.2) is 0 Å². The van der Waals surface area contributed by atoms with E-state index in [-0.39, 0.29) is 18.2 Å². The molecule has 0 spiro atoms. The minimum absolute atomic E-state index is 0.118. The van der Waals surface area contributed by atoms with Crippen molar-refractivity contribution in [1.82, 2.24) is 9.78 Å². The lowest BCUT2D eigenvalue weighted by atomic mass is 10.1. The molecule has 4 rings (SSSR count). The van der Waals surface area contributed by atoms with Gasteiger partial charge in [-0.2, -0.15) is 5.10 Å². The van der Waals surface area contributed by atoms with Crippen molar-refractivity contribution in [1.29, 1.82) is 0 Å². The Hall–Kier alpha value is -2.83. The van der Waals surface area contributed by atoms with Crippen LogP contribution in [-0.4, -0.2) is 28.1 Å². The predicted molar refractivity (Wildman–Crippen MR) is 113 cm³/mol. The number of carbonyl (C=O) groups is 2. The van der Waals surface area contributed by atoms with E-state index in [0.717, 1.165) is 5.56 Å². The first-order valence-corrected chi connectivity index (χ1v) is 9.89. The average Bonchev–Trinajstić information content (AvgIpc) is 3.30. The van der Waals surface area contributed by atoms with E-state index in [1.54, 1.807) is 40.0 Å². The molecular formula is C21H18Cl2N4O2. The van der Waals surface area contributed by atoms with Crippen molar-refractivity contribution in [2.24, 2.45) is 5.92 Å². The first-order valence-electron chi connectivity index (χ1n) is 9.13. The summed E-state index contributed by atoms with van der Waals surface area (Å²) in [5, 5.41) is 8.32. The van der Waals surface area contributed by atoms with Crippen LogP contribution in [0.4, 0.5) is 11.5 Å². The molecule has 1 saturated heterocycles. The third-order valence-corrected chi connectivity index (χ3v) is 5.42. The lowest BCUT2D eigenvalue weighted by Crippen LogP contribution is -2.29. The molecule has 8 heteroatoms. The monoisotopic (exact) mass is 428 g/mol. The molecular weight excluding hydrogens is 411 g/mol. The lowest BCUT2D eigenvalue weighted by molar-refractivity contribution is -0.122. The van der Waals surface area contributed by atoms with Gasteiger partial charge in [-0.25, -0.2) is 4.68 Å². The smallest absolute Gasteiger partial charge is 0.230 e. The SMILES string of the molecule is O=C(Nc1ccnn1Cc1ccc(Cl)cc1)C1CC(=O)N(c2ccccc2Cl)C1. The molecule has 3 aromatic rings. The number of hydrogen-bond acceptors (Lipinski definition) is 3. The maximum atomic E-state index is 12.8. The van der Waals surface area contributed by atoms with Crippen LogP contribution in [0.25, 0.3) is 0 Å². The Morgan fingerprint density at radius 2 is 1.86 bits per heavy atom. The van der Waals surface area contributed by atoms with Crippen molar-refractivity contribution < 1.29 is 9.59 Å². The van der Waals surface area contributed by atoms with Gasteiger partial charge < -0.3 is 10.2 Å². The number of halogens is 2. The van der Waals surface area contributed by atoms with Crippen molar-refractivity contribution in [2.75, 3.05) is 16.8 Å². The molecule has 0 bridgehead atoms. The van der Waals surface area contributed by atoms with E-state index in [9.17, 15) is 9.59 Å². The number of nitrogens with zero attached hydrogens (tertiary/aromatic N) is 3. The van der Waals surface area contributed by atoms with Crippen LogP contribution in [0.3, 0.4) is 0 Å². The summed E-state index contributed by atoms with van der Waals surface area (Å²) >= 11 is 12.1. The largest absolute Gasteiger partial charge is 0.311 e. The highest BCUT2D eigenvalue weighted by molar-refractivity contribution is 6.34. The zero-order valence-electron chi connectivity index (χ0n) is 15.4. The van der Waals surface area contributed by atoms with Crippen molar-refractivity contribution in [2.45, 2.75) is 13.0 Å². The topological polar surface area (TPSA) is 67.2 Å². The molecule has 6 nitrogen and oxygen atoms in total. The highest BCUT2D eigenvalue weighted by Crippen LogP contribution is 2.31. The van der Waals surface area contributed by atoms with Crippen LogP contribution in [0.1, 0.15) is 12.0 Å². The molecule has 2 heterocycles. The van der Waals surface area contributed by atoms with Gasteiger partial charge >= 0.3 is 0 Å². The molecule has 1 unspecified atom stereocenters. The maximum Gasteiger partial charge on any atom is 0.230 e. The summed E-state index contributed by atoms with van der Waals surface area (Å²) in [4.78, 5) is 26.8. The third kappa shape index (κ3) is 4.28. The molecule has 1 N–H and O–H groups in total. The number of aromatic nitrogens is 2. The maximum absolute atomic E-state index is 12.8. The van der Waals surface area contributed by atoms with Crippen LogP contribution in [0.2, 0.25) is 10.0 Å². The van der Waals surface area contributed by atoms with Crippen LogP contribution in [-0.2, 0) is 16.1 Å². The van der Waals surface area contributed by atoms with Crippen LogP contribution in [0, 0.1) is 5.92 Å². The number of nitrogens with one attached hydrogen (secondary N) is 1. The Morgan fingerprint density at radius 3 is 2.62 bits per heavy atom. The second-order valence-corrected chi connectivity index (χ2v) is 7.69. The summed E-state index contributed by atoms with van der Waals surface area (Å²) in [6, 6.07) is 16.3. The fraction of sp³-hybridized carbons (Fsp3) is 0.190. The molecule has 1 aliphatic rings. The van der Waals surface area contributed by atoms with Gasteiger partial charge in [-0.05, 0) is 29.8 Å². The molecule has 0 saturated carbocycles. The number of carbonyl (C=O) groups excluding carboxylic acids is 2. The molecule has 29 heavy (non-hydrogen) atoms. The number of anilines is 2. The first-order chi connectivity index (χ1) is 14.0. The standard InChI is InChI=1S/C21H18Cl2N4O2/c22-16-7-5-14(6-8-16)12-27-19(9-10-24-27)25-21(29)15-11-20(28)26(13-15)18-4-2-1-3-17(18)23/h1-10,15H,11-13H2,(H,25,29). The summed E-state index contributed by atoms with van der Waals surface area (Å²) in [6.45, 7) is 0.787. The molecule has 0 aliphatic carbocycles. The molecule has 2 amide bonds. The van der Waals surface area contributed by atoms with E-state index >= 15 is 0 Å². The summed E-state index contributed by atoms with van der Waals surface area (Å²) in [5.74, 6) is -0.218. The number of rotatable bonds is 5. The molecule has 1 aliphatic heterocycles. The Balaban J connectivity index is 1.44. The number of para-hydroxylation sites is 1. The fourth-order valence-electron chi connectivity index (χ4n) is 3.34. The zero-order valence-corrected chi connectivity index (χ0v) is 16.9. The van der Waals surface area contributed by atoms with Gasteiger partial charge in [-0.3, -0.25) is 9.59 Å². The highest BCUT2D eigenvalue weighted by atomic mass is 35.5. The van der Waals surface area contributed by atoms with E-state index in [0.29, 0.717) is 34.6 Å². The minimum atomic E-state index is -0.461. The van der Waals surface area contributed by atoms with Crippen molar-refractivity contribution in [3.05, 3.63) is 76.4 Å². The van der Waals surface area contributed by atoms with Crippen LogP contribution in [0.5, 0.6) is 0 Å². The fourth-order valence-corrected chi connectivity index (χ4v) is 3.71. The van der Waals surface area contributed by atoms with E-state index in [1.807, 2.05) is 30.3 Å². The number of benzene rings is 2. The average molecular weight is 429 g/mol. The summed E-state index contributed by atoms with van der Waals surface area (Å²) in [5.41, 5.74) is 1.64. The molecule has 0 radical (unpaired) electrons. The van der Waals surface area contributed by atoms with Gasteiger partial charge in [-0.1, -0.05) is 47.5 Å². The van der Waals surface area contributed by atoms with Crippen LogP contribution < -0.4 is 10.2 Å². The summed E-state index contributed by atoms with van der Waals surface area (Å²) < 4.78 is 1.70. The minimum Gasteiger partial charge on any atom is -0.311 e. The van der Waals surface area contributed by atoms with Crippen LogP contribution >= 0.6 is 23.2 Å². The Kier molecular flexibility index (Phi) is 5.56. The summed E-state index contributed by atoms with van der Waals surface area (Å²) in [6.07, 6.45) is 1.77. The van der Waals surface area contributed by atoms with Gasteiger partial charge in [0.05, 0.1) is 29.4 Å². The van der Waals surface area contributed by atoms with Gasteiger partial charge in [0.1, 0.15) is 5.82 Å². The zero-order chi connectivity index (χ0) is 20.4. The molecule has 2 aromatic carbocycles. The van der Waals surface area contributed by atoms with E-state index in [4.69, 9.17) is 23.2 Å². The van der Waals surface area contributed by atoms with Crippen LogP contribution in [0.15, 0.2) is 60.8 Å². The third-order valence-electron chi connectivity index (χ3n) is 4.85. The van der Waals surface area contributed by atoms with Crippen molar-refractivity contribution in [3.8, 4) is 0 Å². The van der Waals surface area contributed by atoms with E-state index in [2.05, 4.69) is 10.4 Å². The Morgan fingerprint density at radius 1 is 1.10 bits per heavy atom. The van der Waals surface area contributed by atoms with Crippen molar-refractivity contribution in [3.63, 3.8) is 0 Å². The van der Waals surface area contributed by atoms with E-state index < -0.39 is 5.92 Å². The molecule has 1 atom stereocenters. The Bertz CT molecular complexity index is 1050. The van der Waals surface area contributed by atoms with Gasteiger partial charge in [-0.15, -0.1) is 0 Å². The normalized spacial score (nSPS) is 16.3. The molecule has 1 aromatic heterocycles. The molecule has 148 valence electrons. The van der Waals surface area contributed by atoms with Crippen molar-refractivity contribution >= 4 is 46.5 Å². The van der Waals surface area contributed by atoms with E-state index in [1.165, 1.54) is 0 Å². The van der Waals surface area contributed by atoms with Gasteiger partial charge in [0.25, 0.3) is 0 Å². The number of amides is 2. The highest BCUT2D eigenvalue weighted by Gasteiger charge is 2.36. The Labute approximate surface area is 178 Å². The first kappa shape index (κ1) is 19.5. The predicted octanol–water partition coefficient (Wildman–Crippen LogP) is 4.23. The van der Waals surface area contributed by atoms with Gasteiger partial charge in [0, 0.05) is 24.1 Å². The second kappa shape index (κ2) is 8.27. The summed E-state index contributed by atoms with van der Waals surface area (Å²) in [7, 11) is 0. The van der Waals surface area contributed by atoms with Gasteiger partial charge in [0.2, 0.25) is 11.8 Å². The second-order valence-electron chi connectivity index (χ2n) is 6.85. The number of hydrogen-bond donors (Lipinski definition) is 1. The quantitative estimate of drug-likeness (QED) is 0.660. The lowest BCUT2D eigenvalue weighted by Gasteiger charge is -2.18. The molecule has 1 fully saturated rings.